The van der Waals surface area contributed by atoms with Gasteiger partial charge in [-0.25, -0.2) is 4.79 Å². The minimum absolute atomic E-state index is 0.0480. The highest BCUT2D eigenvalue weighted by atomic mass is 35.5. The third-order valence-electron chi connectivity index (χ3n) is 3.04. The number of aliphatic carboxylic acids is 1. The highest BCUT2D eigenvalue weighted by Crippen LogP contribution is 2.22. The molecule has 1 aromatic carbocycles. The van der Waals surface area contributed by atoms with Gasteiger partial charge in [0.25, 0.3) is 0 Å². The molecule has 0 radical (unpaired) electrons. The van der Waals surface area contributed by atoms with Crippen molar-refractivity contribution >= 4 is 35.1 Å². The van der Waals surface area contributed by atoms with Crippen LogP contribution in [-0.2, 0) is 20.7 Å². The number of benzene rings is 1. The molecule has 1 fully saturated rings. The van der Waals surface area contributed by atoms with Crippen molar-refractivity contribution in [2.75, 3.05) is 19.7 Å². The number of rotatable bonds is 3. The van der Waals surface area contributed by atoms with E-state index in [9.17, 15) is 9.59 Å². The number of carboxylic acid groups (broad SMARTS) is 1. The van der Waals surface area contributed by atoms with Crippen LogP contribution in [0.25, 0.3) is 0 Å². The van der Waals surface area contributed by atoms with Gasteiger partial charge in [0.2, 0.25) is 5.91 Å². The van der Waals surface area contributed by atoms with Crippen molar-refractivity contribution in [3.63, 3.8) is 0 Å². The molecule has 1 amide bonds. The van der Waals surface area contributed by atoms with Gasteiger partial charge >= 0.3 is 5.97 Å². The minimum atomic E-state index is -1.07. The lowest BCUT2D eigenvalue weighted by Crippen LogP contribution is -2.49. The lowest BCUT2D eigenvalue weighted by atomic mass is 10.1. The number of morpholine rings is 1. The third-order valence-corrected chi connectivity index (χ3v) is 3.65. The topological polar surface area (TPSA) is 66.8 Å². The number of nitrogens with zero attached hydrogens (tertiary/aromatic N) is 1. The van der Waals surface area contributed by atoms with Crippen molar-refractivity contribution in [2.45, 2.75) is 12.5 Å². The number of hydrogen-bond acceptors (Lipinski definition) is 3. The van der Waals surface area contributed by atoms with Gasteiger partial charge in [0.1, 0.15) is 0 Å². The van der Waals surface area contributed by atoms with E-state index >= 15 is 0 Å². The fraction of sp³-hybridized carbons (Fsp3) is 0.385. The molecule has 2 rings (SSSR count). The SMILES string of the molecule is O=C(O)C1CN(C(=O)Cc2cc(Cl)ccc2Cl)CCO1. The van der Waals surface area contributed by atoms with Crippen molar-refractivity contribution < 1.29 is 19.4 Å². The van der Waals surface area contributed by atoms with Crippen molar-refractivity contribution in [2.24, 2.45) is 0 Å². The van der Waals surface area contributed by atoms with E-state index in [4.69, 9.17) is 33.0 Å². The Labute approximate surface area is 126 Å². The maximum absolute atomic E-state index is 12.2. The quantitative estimate of drug-likeness (QED) is 0.923. The Hall–Kier alpha value is -1.30. The van der Waals surface area contributed by atoms with Gasteiger partial charge in [-0.3, -0.25) is 4.79 Å². The lowest BCUT2D eigenvalue weighted by Gasteiger charge is -2.31. The Morgan fingerprint density at radius 3 is 2.85 bits per heavy atom. The van der Waals surface area contributed by atoms with Crippen molar-refractivity contribution in [3.05, 3.63) is 33.8 Å². The largest absolute Gasteiger partial charge is 0.479 e. The fourth-order valence-electron chi connectivity index (χ4n) is 1.98. The number of halogens is 2. The molecular weight excluding hydrogens is 305 g/mol. The van der Waals surface area contributed by atoms with Crippen LogP contribution in [0.2, 0.25) is 10.0 Å². The maximum atomic E-state index is 12.2. The second kappa shape index (κ2) is 6.43. The third kappa shape index (κ3) is 3.62. The van der Waals surface area contributed by atoms with E-state index in [0.717, 1.165) is 0 Å². The van der Waals surface area contributed by atoms with Gasteiger partial charge in [0.15, 0.2) is 6.10 Å². The molecule has 1 N–H and O–H groups in total. The van der Waals surface area contributed by atoms with Crippen LogP contribution in [0, 0.1) is 0 Å². The number of carboxylic acids is 1. The zero-order valence-corrected chi connectivity index (χ0v) is 12.0. The van der Waals surface area contributed by atoms with E-state index in [0.29, 0.717) is 22.2 Å². The molecule has 7 heteroatoms. The molecule has 1 heterocycles. The summed E-state index contributed by atoms with van der Waals surface area (Å²) in [5.41, 5.74) is 0.627. The summed E-state index contributed by atoms with van der Waals surface area (Å²) in [6.45, 7) is 0.638. The summed E-state index contributed by atoms with van der Waals surface area (Å²) in [7, 11) is 0. The van der Waals surface area contributed by atoms with Crippen LogP contribution < -0.4 is 0 Å². The number of carbonyl (C=O) groups excluding carboxylic acids is 1. The van der Waals surface area contributed by atoms with Gasteiger partial charge in [0.05, 0.1) is 19.6 Å². The van der Waals surface area contributed by atoms with Crippen LogP contribution >= 0.6 is 23.2 Å². The zero-order chi connectivity index (χ0) is 14.7. The molecular formula is C13H13Cl2NO4. The van der Waals surface area contributed by atoms with Crippen LogP contribution in [0.1, 0.15) is 5.56 Å². The summed E-state index contributed by atoms with van der Waals surface area (Å²) in [6.07, 6.45) is -0.881. The molecule has 1 unspecified atom stereocenters. The minimum Gasteiger partial charge on any atom is -0.479 e. The molecule has 0 aliphatic carbocycles. The van der Waals surface area contributed by atoms with Gasteiger partial charge < -0.3 is 14.7 Å². The molecule has 0 spiro atoms. The summed E-state index contributed by atoms with van der Waals surface area (Å²) in [5.74, 6) is -1.26. The zero-order valence-electron chi connectivity index (χ0n) is 10.5. The second-order valence-electron chi connectivity index (χ2n) is 4.45. The fourth-order valence-corrected chi connectivity index (χ4v) is 2.36. The molecule has 1 aliphatic rings. The standard InChI is InChI=1S/C13H13Cl2NO4/c14-9-1-2-10(15)8(5-9)6-12(17)16-3-4-20-11(7-16)13(18)19/h1-2,5,11H,3-4,6-7H2,(H,18,19). The molecule has 0 saturated carbocycles. The summed E-state index contributed by atoms with van der Waals surface area (Å²) >= 11 is 11.9. The normalized spacial score (nSPS) is 18.9. The highest BCUT2D eigenvalue weighted by molar-refractivity contribution is 6.33. The molecule has 1 saturated heterocycles. The molecule has 0 aromatic heterocycles. The van der Waals surface area contributed by atoms with E-state index in [1.807, 2.05) is 0 Å². The molecule has 1 aromatic rings. The Bertz CT molecular complexity index is 535. The summed E-state index contributed by atoms with van der Waals surface area (Å²) in [4.78, 5) is 24.5. The predicted molar refractivity (Wildman–Crippen MR) is 74.1 cm³/mol. The van der Waals surface area contributed by atoms with E-state index in [-0.39, 0.29) is 25.5 Å². The van der Waals surface area contributed by atoms with E-state index in [1.165, 1.54) is 4.90 Å². The van der Waals surface area contributed by atoms with E-state index in [2.05, 4.69) is 0 Å². The first-order valence-corrected chi connectivity index (χ1v) is 6.79. The number of carbonyl (C=O) groups is 2. The van der Waals surface area contributed by atoms with E-state index < -0.39 is 12.1 Å². The molecule has 5 nitrogen and oxygen atoms in total. The first-order chi connectivity index (χ1) is 9.47. The van der Waals surface area contributed by atoms with Gasteiger partial charge in [-0.2, -0.15) is 0 Å². The second-order valence-corrected chi connectivity index (χ2v) is 5.29. The Balaban J connectivity index is 2.04. The molecule has 1 atom stereocenters. The van der Waals surface area contributed by atoms with Gasteiger partial charge in [-0.05, 0) is 23.8 Å². The first kappa shape index (κ1) is 15.1. The average molecular weight is 318 g/mol. The molecule has 1 aliphatic heterocycles. The summed E-state index contributed by atoms with van der Waals surface area (Å²) < 4.78 is 5.07. The van der Waals surface area contributed by atoms with Gasteiger partial charge in [-0.1, -0.05) is 23.2 Å². The maximum Gasteiger partial charge on any atom is 0.334 e. The Morgan fingerprint density at radius 1 is 1.40 bits per heavy atom. The Morgan fingerprint density at radius 2 is 2.15 bits per heavy atom. The van der Waals surface area contributed by atoms with Crippen LogP contribution in [0.5, 0.6) is 0 Å². The predicted octanol–water partition coefficient (Wildman–Crippen LogP) is 1.85. The number of hydrogen-bond donors (Lipinski definition) is 1. The summed E-state index contributed by atoms with van der Waals surface area (Å²) in [5, 5.41) is 9.87. The van der Waals surface area contributed by atoms with Crippen molar-refractivity contribution in [1.29, 1.82) is 0 Å². The smallest absolute Gasteiger partial charge is 0.334 e. The first-order valence-electron chi connectivity index (χ1n) is 6.03. The summed E-state index contributed by atoms with van der Waals surface area (Å²) in [6, 6.07) is 4.91. The van der Waals surface area contributed by atoms with Crippen LogP contribution in [0.4, 0.5) is 0 Å². The molecule has 0 bridgehead atoms. The lowest BCUT2D eigenvalue weighted by molar-refractivity contribution is -0.159. The number of amides is 1. The van der Waals surface area contributed by atoms with Crippen LogP contribution in [-0.4, -0.2) is 47.7 Å². The van der Waals surface area contributed by atoms with Crippen molar-refractivity contribution in [1.82, 2.24) is 4.90 Å². The van der Waals surface area contributed by atoms with Crippen LogP contribution in [0.15, 0.2) is 18.2 Å². The van der Waals surface area contributed by atoms with Gasteiger partial charge in [-0.15, -0.1) is 0 Å². The molecule has 108 valence electrons. The number of ether oxygens (including phenoxy) is 1. The average Bonchev–Trinajstić information content (AvgIpc) is 2.43. The Kier molecular flexibility index (Phi) is 4.86. The highest BCUT2D eigenvalue weighted by Gasteiger charge is 2.29. The molecule has 20 heavy (non-hydrogen) atoms. The monoisotopic (exact) mass is 317 g/mol. The van der Waals surface area contributed by atoms with E-state index in [1.54, 1.807) is 18.2 Å². The van der Waals surface area contributed by atoms with Crippen molar-refractivity contribution in [3.8, 4) is 0 Å². The van der Waals surface area contributed by atoms with Crippen LogP contribution in [0.3, 0.4) is 0 Å². The van der Waals surface area contributed by atoms with Gasteiger partial charge in [0, 0.05) is 16.6 Å².